The van der Waals surface area contributed by atoms with E-state index in [0.29, 0.717) is 31.1 Å². The van der Waals surface area contributed by atoms with Gasteiger partial charge >= 0.3 is 5.97 Å². The fourth-order valence-electron chi connectivity index (χ4n) is 4.04. The highest BCUT2D eigenvalue weighted by Gasteiger charge is 2.31. The first-order chi connectivity index (χ1) is 18.0. The number of rotatable bonds is 11. The molecule has 0 aromatic heterocycles. The molecule has 0 unspecified atom stereocenters. The van der Waals surface area contributed by atoms with Crippen molar-refractivity contribution < 1.29 is 28.6 Å². The van der Waals surface area contributed by atoms with Crippen LogP contribution < -0.4 is 20.1 Å². The van der Waals surface area contributed by atoms with Crippen molar-refractivity contribution in [2.45, 2.75) is 44.6 Å². The average molecular weight is 503 g/mol. The highest BCUT2D eigenvalue weighted by atomic mass is 16.5. The number of esters is 1. The lowest BCUT2D eigenvalue weighted by atomic mass is 10.0. The molecule has 3 aromatic carbocycles. The van der Waals surface area contributed by atoms with Gasteiger partial charge in [-0.2, -0.15) is 0 Å². The first-order valence-corrected chi connectivity index (χ1v) is 12.2. The second-order valence-corrected chi connectivity index (χ2v) is 8.78. The predicted octanol–water partition coefficient (Wildman–Crippen LogP) is 3.32. The quantitative estimate of drug-likeness (QED) is 0.390. The molecule has 2 N–H and O–H groups in total. The molecule has 1 saturated heterocycles. The SMILES string of the molecule is COC(=O)[C@H](Cc1ccc(OCc2ccccc2)c(OCc2ccccc2)c1)NC(=O)[C@H]1CCC(=O)N1. The van der Waals surface area contributed by atoms with Gasteiger partial charge in [0.1, 0.15) is 25.3 Å². The molecule has 2 atom stereocenters. The Kier molecular flexibility index (Phi) is 8.75. The van der Waals surface area contributed by atoms with Crippen molar-refractivity contribution in [2.75, 3.05) is 7.11 Å². The zero-order valence-corrected chi connectivity index (χ0v) is 20.6. The Hall–Kier alpha value is -4.33. The number of methoxy groups -OCH3 is 1. The molecule has 1 heterocycles. The summed E-state index contributed by atoms with van der Waals surface area (Å²) in [6.45, 7) is 0.709. The summed E-state index contributed by atoms with van der Waals surface area (Å²) in [6, 6.07) is 23.4. The second-order valence-electron chi connectivity index (χ2n) is 8.78. The van der Waals surface area contributed by atoms with Crippen LogP contribution in [0, 0.1) is 0 Å². The fraction of sp³-hybridized carbons (Fsp3) is 0.276. The first-order valence-electron chi connectivity index (χ1n) is 12.2. The number of hydrogen-bond donors (Lipinski definition) is 2. The molecule has 4 rings (SSSR count). The van der Waals surface area contributed by atoms with Gasteiger partial charge in [0.15, 0.2) is 11.5 Å². The van der Waals surface area contributed by atoms with Gasteiger partial charge in [-0.25, -0.2) is 4.79 Å². The van der Waals surface area contributed by atoms with Crippen molar-refractivity contribution in [3.63, 3.8) is 0 Å². The average Bonchev–Trinajstić information content (AvgIpc) is 3.38. The molecule has 0 saturated carbocycles. The Morgan fingerprint density at radius 3 is 2.08 bits per heavy atom. The zero-order valence-electron chi connectivity index (χ0n) is 20.6. The molecule has 2 amide bonds. The van der Waals surface area contributed by atoms with E-state index in [1.54, 1.807) is 6.07 Å². The molecule has 0 radical (unpaired) electrons. The van der Waals surface area contributed by atoms with Gasteiger partial charge in [0.2, 0.25) is 11.8 Å². The zero-order chi connectivity index (χ0) is 26.0. The minimum Gasteiger partial charge on any atom is -0.485 e. The predicted molar refractivity (Wildman–Crippen MR) is 137 cm³/mol. The number of ether oxygens (including phenoxy) is 3. The van der Waals surface area contributed by atoms with Crippen molar-refractivity contribution in [3.05, 3.63) is 95.6 Å². The summed E-state index contributed by atoms with van der Waals surface area (Å²) in [4.78, 5) is 36.6. The van der Waals surface area contributed by atoms with Crippen LogP contribution in [0.2, 0.25) is 0 Å². The van der Waals surface area contributed by atoms with Crippen LogP contribution in [0.1, 0.15) is 29.5 Å². The van der Waals surface area contributed by atoms with Crippen LogP contribution >= 0.6 is 0 Å². The van der Waals surface area contributed by atoms with Gasteiger partial charge in [0, 0.05) is 12.8 Å². The van der Waals surface area contributed by atoms with Crippen molar-refractivity contribution in [1.82, 2.24) is 10.6 Å². The van der Waals surface area contributed by atoms with Gasteiger partial charge in [-0.15, -0.1) is 0 Å². The summed E-state index contributed by atoms with van der Waals surface area (Å²) in [5.74, 6) is -0.0781. The number of carbonyl (C=O) groups is 3. The largest absolute Gasteiger partial charge is 0.485 e. The van der Waals surface area contributed by atoms with Crippen LogP contribution in [-0.4, -0.2) is 37.0 Å². The molecule has 8 heteroatoms. The topological polar surface area (TPSA) is 103 Å². The molecule has 192 valence electrons. The molecule has 3 aromatic rings. The lowest BCUT2D eigenvalue weighted by Crippen LogP contribution is -2.49. The molecule has 1 aliphatic rings. The lowest BCUT2D eigenvalue weighted by molar-refractivity contribution is -0.145. The monoisotopic (exact) mass is 502 g/mol. The molecule has 0 aliphatic carbocycles. The molecular formula is C29H30N2O6. The maximum atomic E-state index is 12.6. The number of benzene rings is 3. The molecule has 1 aliphatic heterocycles. The lowest BCUT2D eigenvalue weighted by Gasteiger charge is -2.20. The van der Waals surface area contributed by atoms with E-state index in [0.717, 1.165) is 16.7 Å². The van der Waals surface area contributed by atoms with Gasteiger partial charge < -0.3 is 24.8 Å². The van der Waals surface area contributed by atoms with Crippen LogP contribution in [0.5, 0.6) is 11.5 Å². The smallest absolute Gasteiger partial charge is 0.328 e. The van der Waals surface area contributed by atoms with Gasteiger partial charge in [-0.1, -0.05) is 66.7 Å². The molecule has 0 bridgehead atoms. The molecular weight excluding hydrogens is 472 g/mol. The van der Waals surface area contributed by atoms with Crippen molar-refractivity contribution in [2.24, 2.45) is 0 Å². The number of amides is 2. The maximum absolute atomic E-state index is 12.6. The molecule has 8 nitrogen and oxygen atoms in total. The van der Waals surface area contributed by atoms with Gasteiger partial charge in [0.25, 0.3) is 0 Å². The van der Waals surface area contributed by atoms with E-state index in [2.05, 4.69) is 10.6 Å². The van der Waals surface area contributed by atoms with Crippen molar-refractivity contribution >= 4 is 17.8 Å². The number of hydrogen-bond acceptors (Lipinski definition) is 6. The third kappa shape index (κ3) is 7.33. The Bertz CT molecular complexity index is 1220. The number of nitrogens with one attached hydrogen (secondary N) is 2. The van der Waals surface area contributed by atoms with E-state index < -0.39 is 24.0 Å². The molecule has 0 spiro atoms. The summed E-state index contributed by atoms with van der Waals surface area (Å²) in [6.07, 6.45) is 0.858. The van der Waals surface area contributed by atoms with Gasteiger partial charge in [-0.05, 0) is 35.2 Å². The van der Waals surface area contributed by atoms with E-state index in [1.807, 2.05) is 72.8 Å². The first kappa shape index (κ1) is 25.8. The Labute approximate surface area is 215 Å². The normalized spacial score (nSPS) is 15.4. The molecule has 1 fully saturated rings. The number of carbonyl (C=O) groups excluding carboxylic acids is 3. The minimum absolute atomic E-state index is 0.180. The highest BCUT2D eigenvalue weighted by molar-refractivity contribution is 5.93. The fourth-order valence-corrected chi connectivity index (χ4v) is 4.04. The maximum Gasteiger partial charge on any atom is 0.328 e. The van der Waals surface area contributed by atoms with Crippen molar-refractivity contribution in [3.8, 4) is 11.5 Å². The standard InChI is InChI=1S/C29H30N2O6/c1-35-29(34)24(31-28(33)23-13-15-27(32)30-23)16-22-12-14-25(36-18-20-8-4-2-5-9-20)26(17-22)37-19-21-10-6-3-7-11-21/h2-12,14,17,23-24H,13,15-16,18-19H2,1H3,(H,30,32)(H,31,33)/t23-,24+/m1/s1. The minimum atomic E-state index is -0.923. The van der Waals surface area contributed by atoms with Crippen molar-refractivity contribution in [1.29, 1.82) is 0 Å². The summed E-state index contributed by atoms with van der Waals surface area (Å²) in [5, 5.41) is 5.33. The van der Waals surface area contributed by atoms with Crippen LogP contribution in [0.15, 0.2) is 78.9 Å². The van der Waals surface area contributed by atoms with E-state index in [-0.39, 0.29) is 18.7 Å². The Balaban J connectivity index is 1.51. The van der Waals surface area contributed by atoms with E-state index in [1.165, 1.54) is 7.11 Å². The van der Waals surface area contributed by atoms with Gasteiger partial charge in [-0.3, -0.25) is 9.59 Å². The van der Waals surface area contributed by atoms with Crippen LogP contribution in [0.3, 0.4) is 0 Å². The summed E-state index contributed by atoms with van der Waals surface area (Å²) in [5.41, 5.74) is 2.77. The Morgan fingerprint density at radius 2 is 1.51 bits per heavy atom. The second kappa shape index (κ2) is 12.6. The van der Waals surface area contributed by atoms with E-state index >= 15 is 0 Å². The van der Waals surface area contributed by atoms with Crippen LogP contribution in [0.4, 0.5) is 0 Å². The third-order valence-corrected chi connectivity index (χ3v) is 6.04. The van der Waals surface area contributed by atoms with Crippen LogP contribution in [-0.2, 0) is 38.8 Å². The highest BCUT2D eigenvalue weighted by Crippen LogP contribution is 2.31. The van der Waals surface area contributed by atoms with E-state index in [9.17, 15) is 14.4 Å². The Morgan fingerprint density at radius 1 is 0.892 bits per heavy atom. The van der Waals surface area contributed by atoms with Crippen LogP contribution in [0.25, 0.3) is 0 Å². The van der Waals surface area contributed by atoms with Gasteiger partial charge in [0.05, 0.1) is 7.11 Å². The third-order valence-electron chi connectivity index (χ3n) is 6.04. The summed E-state index contributed by atoms with van der Waals surface area (Å²) >= 11 is 0. The summed E-state index contributed by atoms with van der Waals surface area (Å²) in [7, 11) is 1.27. The van der Waals surface area contributed by atoms with E-state index in [4.69, 9.17) is 14.2 Å². The molecule has 37 heavy (non-hydrogen) atoms. The summed E-state index contributed by atoms with van der Waals surface area (Å²) < 4.78 is 17.1.